The molecule has 1 saturated heterocycles. The molecular weight excluding hydrogens is 511 g/mol. The normalized spacial score (nSPS) is 13.3. The van der Waals surface area contributed by atoms with Crippen LogP contribution in [0, 0.1) is 11.8 Å². The van der Waals surface area contributed by atoms with Crippen molar-refractivity contribution in [3.8, 4) is 17.6 Å². The molecule has 0 spiro atoms. The number of nitrogens with zero attached hydrogens (tertiary/aromatic N) is 4. The maximum absolute atomic E-state index is 13.1. The molecule has 1 aliphatic heterocycles. The highest BCUT2D eigenvalue weighted by Gasteiger charge is 2.28. The van der Waals surface area contributed by atoms with Gasteiger partial charge in [-0.15, -0.1) is 0 Å². The van der Waals surface area contributed by atoms with Gasteiger partial charge in [-0.3, -0.25) is 19.6 Å². The standard InChI is InChI=1S/C28H26F3N5O3/c1-2-39-25-14-21(16-33-18-25)4-3-20-13-23(17-32-15-20)27(38)36-11-9-35(10-12-36)24-7-5-22(6-8-24)26(37)34-19-28(29,30)31/h5-8,13-18H,2,9-12,19H2,1H3,(H,34,37). The molecule has 0 unspecified atom stereocenters. The Hall–Kier alpha value is -4.59. The number of halogens is 3. The van der Waals surface area contributed by atoms with E-state index in [1.54, 1.807) is 47.8 Å². The molecule has 0 atom stereocenters. The predicted molar refractivity (Wildman–Crippen MR) is 139 cm³/mol. The number of ether oxygens (including phenoxy) is 1. The van der Waals surface area contributed by atoms with Crippen LogP contribution in [0.15, 0.2) is 61.2 Å². The van der Waals surface area contributed by atoms with Crippen LogP contribution >= 0.6 is 0 Å². The van der Waals surface area contributed by atoms with Gasteiger partial charge in [0.2, 0.25) is 0 Å². The average molecular weight is 538 g/mol. The molecule has 1 fully saturated rings. The molecule has 0 radical (unpaired) electrons. The zero-order valence-electron chi connectivity index (χ0n) is 21.2. The van der Waals surface area contributed by atoms with Crippen molar-refractivity contribution in [2.24, 2.45) is 0 Å². The first kappa shape index (κ1) is 27.4. The van der Waals surface area contributed by atoms with E-state index in [1.807, 2.05) is 17.1 Å². The van der Waals surface area contributed by atoms with E-state index in [4.69, 9.17) is 4.74 Å². The number of amides is 2. The summed E-state index contributed by atoms with van der Waals surface area (Å²) in [6.07, 6.45) is 1.89. The molecule has 39 heavy (non-hydrogen) atoms. The molecule has 4 rings (SSSR count). The number of hydrogen-bond acceptors (Lipinski definition) is 6. The van der Waals surface area contributed by atoms with Crippen LogP contribution in [0.2, 0.25) is 0 Å². The Bertz CT molecular complexity index is 1380. The number of alkyl halides is 3. The molecule has 0 bridgehead atoms. The summed E-state index contributed by atoms with van der Waals surface area (Å²) in [7, 11) is 0. The number of pyridine rings is 2. The van der Waals surface area contributed by atoms with Gasteiger partial charge in [0.15, 0.2) is 0 Å². The van der Waals surface area contributed by atoms with Gasteiger partial charge < -0.3 is 19.9 Å². The van der Waals surface area contributed by atoms with E-state index in [0.29, 0.717) is 55.2 Å². The van der Waals surface area contributed by atoms with Crippen LogP contribution in [0.1, 0.15) is 38.8 Å². The SMILES string of the molecule is CCOc1cncc(C#Cc2cncc(C(=O)N3CCN(c4ccc(C(=O)NCC(F)(F)F)cc4)CC3)c2)c1. The van der Waals surface area contributed by atoms with Crippen molar-refractivity contribution in [1.82, 2.24) is 20.2 Å². The second-order valence-corrected chi connectivity index (χ2v) is 8.68. The minimum absolute atomic E-state index is 0.144. The molecular formula is C28H26F3N5O3. The Morgan fingerprint density at radius 1 is 0.923 bits per heavy atom. The second-order valence-electron chi connectivity index (χ2n) is 8.68. The summed E-state index contributed by atoms with van der Waals surface area (Å²) in [5.41, 5.74) is 2.68. The van der Waals surface area contributed by atoms with Crippen molar-refractivity contribution >= 4 is 17.5 Å². The van der Waals surface area contributed by atoms with Crippen LogP contribution < -0.4 is 15.0 Å². The van der Waals surface area contributed by atoms with E-state index in [0.717, 1.165) is 5.69 Å². The monoisotopic (exact) mass is 537 g/mol. The van der Waals surface area contributed by atoms with Crippen molar-refractivity contribution in [2.45, 2.75) is 13.1 Å². The highest BCUT2D eigenvalue weighted by Crippen LogP contribution is 2.19. The first-order valence-corrected chi connectivity index (χ1v) is 12.3. The molecule has 1 aromatic carbocycles. The van der Waals surface area contributed by atoms with Gasteiger partial charge in [0.05, 0.1) is 18.4 Å². The molecule has 0 aliphatic carbocycles. The average Bonchev–Trinajstić information content (AvgIpc) is 2.95. The molecule has 202 valence electrons. The third-order valence-electron chi connectivity index (χ3n) is 5.87. The highest BCUT2D eigenvalue weighted by atomic mass is 19.4. The Morgan fingerprint density at radius 2 is 1.56 bits per heavy atom. The van der Waals surface area contributed by atoms with E-state index in [9.17, 15) is 22.8 Å². The van der Waals surface area contributed by atoms with Gasteiger partial charge in [-0.05, 0) is 43.3 Å². The fourth-order valence-corrected chi connectivity index (χ4v) is 3.96. The third kappa shape index (κ3) is 7.70. The van der Waals surface area contributed by atoms with Gasteiger partial charge in [-0.2, -0.15) is 13.2 Å². The number of anilines is 1. The fourth-order valence-electron chi connectivity index (χ4n) is 3.96. The predicted octanol–water partition coefficient (Wildman–Crippen LogP) is 3.53. The zero-order valence-corrected chi connectivity index (χ0v) is 21.2. The molecule has 3 aromatic rings. The van der Waals surface area contributed by atoms with E-state index in [1.165, 1.54) is 18.3 Å². The number of carbonyl (C=O) groups is 2. The molecule has 1 aliphatic rings. The number of carbonyl (C=O) groups excluding carboxylic acids is 2. The summed E-state index contributed by atoms with van der Waals surface area (Å²) >= 11 is 0. The Labute approximate surface area is 223 Å². The summed E-state index contributed by atoms with van der Waals surface area (Å²) in [5, 5.41) is 1.86. The number of piperazine rings is 1. The Morgan fingerprint density at radius 3 is 2.21 bits per heavy atom. The number of aromatic nitrogens is 2. The van der Waals surface area contributed by atoms with Crippen LogP contribution in [-0.4, -0.2) is 72.2 Å². The largest absolute Gasteiger partial charge is 0.492 e. The Balaban J connectivity index is 1.33. The summed E-state index contributed by atoms with van der Waals surface area (Å²) in [6, 6.07) is 9.84. The number of hydrogen-bond donors (Lipinski definition) is 1. The third-order valence-corrected chi connectivity index (χ3v) is 5.87. The van der Waals surface area contributed by atoms with Crippen LogP contribution in [0.25, 0.3) is 0 Å². The minimum Gasteiger partial charge on any atom is -0.492 e. The first-order chi connectivity index (χ1) is 18.7. The minimum atomic E-state index is -4.47. The molecule has 8 nitrogen and oxygen atoms in total. The second kappa shape index (κ2) is 12.3. The number of nitrogens with one attached hydrogen (secondary N) is 1. The Kier molecular flexibility index (Phi) is 8.66. The quantitative estimate of drug-likeness (QED) is 0.485. The lowest BCUT2D eigenvalue weighted by Gasteiger charge is -2.36. The van der Waals surface area contributed by atoms with Crippen molar-refractivity contribution in [1.29, 1.82) is 0 Å². The molecule has 0 saturated carbocycles. The highest BCUT2D eigenvalue weighted by molar-refractivity contribution is 5.95. The van der Waals surface area contributed by atoms with Crippen LogP contribution in [0.3, 0.4) is 0 Å². The van der Waals surface area contributed by atoms with E-state index < -0.39 is 18.6 Å². The van der Waals surface area contributed by atoms with Crippen molar-refractivity contribution in [3.63, 3.8) is 0 Å². The lowest BCUT2D eigenvalue weighted by Crippen LogP contribution is -2.48. The van der Waals surface area contributed by atoms with Crippen molar-refractivity contribution in [3.05, 3.63) is 83.4 Å². The zero-order chi connectivity index (χ0) is 27.8. The van der Waals surface area contributed by atoms with E-state index >= 15 is 0 Å². The summed E-state index contributed by atoms with van der Waals surface area (Å²) in [6.45, 7) is 3.09. The van der Waals surface area contributed by atoms with Gasteiger partial charge in [0.1, 0.15) is 12.3 Å². The molecule has 2 aromatic heterocycles. The topological polar surface area (TPSA) is 87.7 Å². The molecule has 1 N–H and O–H groups in total. The fraction of sp³-hybridized carbons (Fsp3) is 0.286. The lowest BCUT2D eigenvalue weighted by molar-refractivity contribution is -0.123. The first-order valence-electron chi connectivity index (χ1n) is 12.3. The molecule has 2 amide bonds. The maximum Gasteiger partial charge on any atom is 0.405 e. The van der Waals surface area contributed by atoms with Gasteiger partial charge in [0.25, 0.3) is 11.8 Å². The lowest BCUT2D eigenvalue weighted by atomic mass is 10.1. The van der Waals surface area contributed by atoms with Crippen molar-refractivity contribution < 1.29 is 27.5 Å². The van der Waals surface area contributed by atoms with Gasteiger partial charge in [0, 0.05) is 67.1 Å². The van der Waals surface area contributed by atoms with Gasteiger partial charge in [-0.25, -0.2) is 0 Å². The van der Waals surface area contributed by atoms with Gasteiger partial charge in [-0.1, -0.05) is 11.8 Å². The molecule has 11 heteroatoms. The maximum atomic E-state index is 13.1. The number of benzene rings is 1. The number of rotatable bonds is 6. The summed E-state index contributed by atoms with van der Waals surface area (Å²) in [4.78, 5) is 37.1. The molecule has 3 heterocycles. The van der Waals surface area contributed by atoms with Crippen LogP contribution in [0.4, 0.5) is 18.9 Å². The summed E-state index contributed by atoms with van der Waals surface area (Å²) in [5.74, 6) is 5.72. The van der Waals surface area contributed by atoms with Crippen LogP contribution in [0.5, 0.6) is 5.75 Å². The van der Waals surface area contributed by atoms with Crippen LogP contribution in [-0.2, 0) is 0 Å². The van der Waals surface area contributed by atoms with Gasteiger partial charge >= 0.3 is 6.18 Å². The van der Waals surface area contributed by atoms with Crippen molar-refractivity contribution in [2.75, 3.05) is 44.2 Å². The smallest absolute Gasteiger partial charge is 0.405 e. The van der Waals surface area contributed by atoms with E-state index in [-0.39, 0.29) is 11.5 Å². The van der Waals surface area contributed by atoms with E-state index in [2.05, 4.69) is 21.8 Å². The summed E-state index contributed by atoms with van der Waals surface area (Å²) < 4.78 is 42.4.